The van der Waals surface area contributed by atoms with Crippen molar-refractivity contribution in [3.8, 4) is 0 Å². The normalized spacial score (nSPS) is 17.2. The van der Waals surface area contributed by atoms with Crippen molar-refractivity contribution < 1.29 is 0 Å². The molecule has 1 saturated carbocycles. The van der Waals surface area contributed by atoms with Crippen LogP contribution in [0.25, 0.3) is 0 Å². The zero-order chi connectivity index (χ0) is 11.8. The molecule has 0 radical (unpaired) electrons. The summed E-state index contributed by atoms with van der Waals surface area (Å²) in [6.07, 6.45) is 4.93. The Morgan fingerprint density at radius 3 is 2.88 bits per heavy atom. The van der Waals surface area contributed by atoms with E-state index in [4.69, 9.17) is 0 Å². The molecule has 88 valence electrons. The lowest BCUT2D eigenvalue weighted by molar-refractivity contribution is 0.565. The van der Waals surface area contributed by atoms with Crippen molar-refractivity contribution in [2.45, 2.75) is 45.2 Å². The van der Waals surface area contributed by atoms with E-state index in [-0.39, 0.29) is 11.1 Å². The maximum atomic E-state index is 11.9. The summed E-state index contributed by atoms with van der Waals surface area (Å²) in [5.74, 6) is 0. The lowest BCUT2D eigenvalue weighted by Crippen LogP contribution is -2.26. The number of aryl methyl sites for hydroxylation is 1. The fourth-order valence-electron chi connectivity index (χ4n) is 1.56. The molecule has 1 aromatic heterocycles. The largest absolute Gasteiger partial charge is 0.378 e. The van der Waals surface area contributed by atoms with Crippen molar-refractivity contribution in [2.24, 2.45) is 0 Å². The molecular weight excluding hydrogens is 270 g/mol. The number of hydrogen-bond donors (Lipinski definition) is 1. The zero-order valence-corrected chi connectivity index (χ0v) is 11.2. The van der Waals surface area contributed by atoms with Crippen LogP contribution in [0.5, 0.6) is 0 Å². The van der Waals surface area contributed by atoms with E-state index in [2.05, 4.69) is 33.3 Å². The second-order valence-corrected chi connectivity index (χ2v) is 5.38. The van der Waals surface area contributed by atoms with Crippen LogP contribution in [0.15, 0.2) is 15.5 Å². The van der Waals surface area contributed by atoms with Gasteiger partial charge in [-0.1, -0.05) is 6.92 Å². The van der Waals surface area contributed by atoms with Gasteiger partial charge in [-0.2, -0.15) is 5.10 Å². The Labute approximate surface area is 103 Å². The second kappa shape index (κ2) is 4.20. The Balaban J connectivity index is 2.27. The van der Waals surface area contributed by atoms with Gasteiger partial charge >= 0.3 is 0 Å². The molecule has 2 rings (SSSR count). The Kier molecular flexibility index (Phi) is 3.06. The number of hydrogen-bond acceptors (Lipinski definition) is 3. The summed E-state index contributed by atoms with van der Waals surface area (Å²) in [6, 6.07) is 0. The Morgan fingerprint density at radius 1 is 1.62 bits per heavy atom. The van der Waals surface area contributed by atoms with Gasteiger partial charge in [0.25, 0.3) is 5.56 Å². The van der Waals surface area contributed by atoms with E-state index in [1.165, 1.54) is 4.68 Å². The first-order valence-corrected chi connectivity index (χ1v) is 6.39. The number of anilines is 1. The quantitative estimate of drug-likeness (QED) is 0.924. The summed E-state index contributed by atoms with van der Waals surface area (Å²) in [5, 5.41) is 7.50. The monoisotopic (exact) mass is 285 g/mol. The third kappa shape index (κ3) is 2.29. The topological polar surface area (TPSA) is 46.9 Å². The molecule has 1 aromatic rings. The van der Waals surface area contributed by atoms with Crippen LogP contribution in [0.1, 0.15) is 33.1 Å². The van der Waals surface area contributed by atoms with Crippen LogP contribution in [0.3, 0.4) is 0 Å². The first-order chi connectivity index (χ1) is 7.56. The Bertz CT molecular complexity index is 451. The SMILES string of the molecule is CCCn1ncc(NC2(C)CC2)c(Br)c1=O. The number of nitrogens with one attached hydrogen (secondary N) is 1. The van der Waals surface area contributed by atoms with E-state index in [9.17, 15) is 4.79 Å². The van der Waals surface area contributed by atoms with Crippen LogP contribution in [0.2, 0.25) is 0 Å². The zero-order valence-electron chi connectivity index (χ0n) is 9.59. The van der Waals surface area contributed by atoms with Crippen LogP contribution in [0.4, 0.5) is 5.69 Å². The van der Waals surface area contributed by atoms with Gasteiger partial charge < -0.3 is 5.32 Å². The maximum Gasteiger partial charge on any atom is 0.283 e. The Hall–Kier alpha value is -0.840. The van der Waals surface area contributed by atoms with E-state index in [1.54, 1.807) is 6.20 Å². The highest BCUT2D eigenvalue weighted by Crippen LogP contribution is 2.38. The van der Waals surface area contributed by atoms with Crippen LogP contribution < -0.4 is 10.9 Å². The molecule has 16 heavy (non-hydrogen) atoms. The van der Waals surface area contributed by atoms with Crippen LogP contribution in [0, 0.1) is 0 Å². The summed E-state index contributed by atoms with van der Waals surface area (Å²) < 4.78 is 2.08. The highest BCUT2D eigenvalue weighted by molar-refractivity contribution is 9.10. The van der Waals surface area contributed by atoms with Gasteiger partial charge in [0, 0.05) is 12.1 Å². The molecule has 0 aromatic carbocycles. The van der Waals surface area contributed by atoms with Gasteiger partial charge in [-0.05, 0) is 42.1 Å². The first kappa shape index (κ1) is 11.6. The molecule has 1 fully saturated rings. The fraction of sp³-hybridized carbons (Fsp3) is 0.636. The second-order valence-electron chi connectivity index (χ2n) is 4.59. The maximum absolute atomic E-state index is 11.9. The van der Waals surface area contributed by atoms with Gasteiger partial charge in [0.15, 0.2) is 0 Å². The highest BCUT2D eigenvalue weighted by atomic mass is 79.9. The van der Waals surface area contributed by atoms with Crippen molar-refractivity contribution in [3.05, 3.63) is 21.0 Å². The predicted octanol–water partition coefficient (Wildman–Crippen LogP) is 2.38. The van der Waals surface area contributed by atoms with Gasteiger partial charge in [0.1, 0.15) is 4.47 Å². The fourth-order valence-corrected chi connectivity index (χ4v) is 1.97. The third-order valence-electron chi connectivity index (χ3n) is 2.86. The van der Waals surface area contributed by atoms with Crippen molar-refractivity contribution in [3.63, 3.8) is 0 Å². The van der Waals surface area contributed by atoms with E-state index in [0.717, 1.165) is 24.9 Å². The van der Waals surface area contributed by atoms with E-state index in [1.807, 2.05) is 6.92 Å². The van der Waals surface area contributed by atoms with Crippen molar-refractivity contribution >= 4 is 21.6 Å². The molecule has 5 heteroatoms. The van der Waals surface area contributed by atoms with E-state index >= 15 is 0 Å². The number of rotatable bonds is 4. The molecule has 0 unspecified atom stereocenters. The molecule has 0 saturated heterocycles. The van der Waals surface area contributed by atoms with Crippen molar-refractivity contribution in [1.29, 1.82) is 0 Å². The summed E-state index contributed by atoms with van der Waals surface area (Å²) >= 11 is 3.35. The molecule has 1 aliphatic rings. The minimum absolute atomic E-state index is 0.0592. The average molecular weight is 286 g/mol. The smallest absolute Gasteiger partial charge is 0.283 e. The van der Waals surface area contributed by atoms with Gasteiger partial charge in [-0.15, -0.1) is 0 Å². The highest BCUT2D eigenvalue weighted by Gasteiger charge is 2.37. The summed E-state index contributed by atoms with van der Waals surface area (Å²) in [6.45, 7) is 4.84. The molecule has 4 nitrogen and oxygen atoms in total. The minimum Gasteiger partial charge on any atom is -0.378 e. The van der Waals surface area contributed by atoms with E-state index in [0.29, 0.717) is 11.0 Å². The van der Waals surface area contributed by atoms with Crippen LogP contribution in [-0.2, 0) is 6.54 Å². The molecule has 0 spiro atoms. The molecule has 1 heterocycles. The van der Waals surface area contributed by atoms with Gasteiger partial charge in [-0.3, -0.25) is 4.79 Å². The summed E-state index contributed by atoms with van der Waals surface area (Å²) in [4.78, 5) is 11.9. The van der Waals surface area contributed by atoms with Gasteiger partial charge in [0.05, 0.1) is 11.9 Å². The van der Waals surface area contributed by atoms with Gasteiger partial charge in [0.2, 0.25) is 0 Å². The van der Waals surface area contributed by atoms with Crippen molar-refractivity contribution in [1.82, 2.24) is 9.78 Å². The number of halogens is 1. The van der Waals surface area contributed by atoms with E-state index < -0.39 is 0 Å². The first-order valence-electron chi connectivity index (χ1n) is 5.59. The summed E-state index contributed by atoms with van der Waals surface area (Å²) in [7, 11) is 0. The predicted molar refractivity (Wildman–Crippen MR) is 67.7 cm³/mol. The third-order valence-corrected chi connectivity index (χ3v) is 3.62. The van der Waals surface area contributed by atoms with Crippen molar-refractivity contribution in [2.75, 3.05) is 5.32 Å². The number of nitrogens with zero attached hydrogens (tertiary/aromatic N) is 2. The lowest BCUT2D eigenvalue weighted by Gasteiger charge is -2.14. The molecule has 1 N–H and O–H groups in total. The van der Waals surface area contributed by atoms with Crippen LogP contribution >= 0.6 is 15.9 Å². The molecule has 0 amide bonds. The average Bonchev–Trinajstić information content (AvgIpc) is 2.97. The van der Waals surface area contributed by atoms with Gasteiger partial charge in [-0.25, -0.2) is 4.68 Å². The lowest BCUT2D eigenvalue weighted by atomic mass is 10.3. The minimum atomic E-state index is -0.0592. The molecule has 0 aliphatic heterocycles. The molecular formula is C11H16BrN3O. The molecule has 0 bridgehead atoms. The summed E-state index contributed by atoms with van der Waals surface area (Å²) in [5.41, 5.74) is 0.904. The number of aromatic nitrogens is 2. The standard InChI is InChI=1S/C11H16BrN3O/c1-3-6-15-10(16)9(12)8(7-13-15)14-11(2)4-5-11/h7,14H,3-6H2,1-2H3. The Morgan fingerprint density at radius 2 is 2.31 bits per heavy atom. The molecule has 1 aliphatic carbocycles. The van der Waals surface area contributed by atoms with Crippen LogP contribution in [-0.4, -0.2) is 15.3 Å². The molecule has 0 atom stereocenters.